The minimum Gasteiger partial charge on any atom is -0.325 e. The van der Waals surface area contributed by atoms with E-state index < -0.39 is 17.6 Å². The van der Waals surface area contributed by atoms with E-state index in [9.17, 15) is 22.8 Å². The number of para-hydroxylation sites is 1. The van der Waals surface area contributed by atoms with Gasteiger partial charge in [0.25, 0.3) is 5.56 Å². The van der Waals surface area contributed by atoms with E-state index in [2.05, 4.69) is 5.32 Å². The zero-order valence-corrected chi connectivity index (χ0v) is 21.1. The molecular weight excluding hydrogens is 531 g/mol. The summed E-state index contributed by atoms with van der Waals surface area (Å²) in [6, 6.07) is 11.5. The van der Waals surface area contributed by atoms with Gasteiger partial charge >= 0.3 is 6.18 Å². The number of nitrogens with one attached hydrogen (secondary N) is 1. The van der Waals surface area contributed by atoms with Crippen LogP contribution in [0.4, 0.5) is 18.9 Å². The maximum atomic E-state index is 13.7. The van der Waals surface area contributed by atoms with E-state index in [0.717, 1.165) is 54.0 Å². The van der Waals surface area contributed by atoms with Crippen molar-refractivity contribution in [3.63, 3.8) is 0 Å². The van der Waals surface area contributed by atoms with Crippen LogP contribution in [0.2, 0.25) is 5.02 Å². The fourth-order valence-corrected chi connectivity index (χ4v) is 6.50. The van der Waals surface area contributed by atoms with Gasteiger partial charge in [0.05, 0.1) is 28.1 Å². The highest BCUT2D eigenvalue weighted by Crippen LogP contribution is 2.36. The molecule has 5 rings (SSSR count). The highest BCUT2D eigenvalue weighted by atomic mass is 35.5. The number of fused-ring (bicyclic) bond motifs is 3. The van der Waals surface area contributed by atoms with E-state index in [1.165, 1.54) is 34.1 Å². The van der Waals surface area contributed by atoms with Gasteiger partial charge in [-0.15, -0.1) is 11.3 Å². The largest absolute Gasteiger partial charge is 0.418 e. The Balaban J connectivity index is 1.50. The van der Waals surface area contributed by atoms with Crippen molar-refractivity contribution < 1.29 is 18.0 Å². The molecule has 0 radical (unpaired) electrons. The Bertz CT molecular complexity index is 1510. The molecule has 2 aromatic carbocycles. The maximum absolute atomic E-state index is 13.7. The summed E-state index contributed by atoms with van der Waals surface area (Å²) >= 11 is 8.52. The highest BCUT2D eigenvalue weighted by molar-refractivity contribution is 7.99. The first kappa shape index (κ1) is 24.9. The van der Waals surface area contributed by atoms with E-state index in [1.807, 2.05) is 0 Å². The van der Waals surface area contributed by atoms with Crippen LogP contribution < -0.4 is 10.9 Å². The molecule has 0 bridgehead atoms. The second kappa shape index (κ2) is 9.91. The van der Waals surface area contributed by atoms with Crippen LogP contribution in [0.25, 0.3) is 15.9 Å². The third-order valence-electron chi connectivity index (χ3n) is 5.88. The molecule has 1 amide bonds. The topological polar surface area (TPSA) is 64.0 Å². The van der Waals surface area contributed by atoms with Crippen molar-refractivity contribution in [2.75, 3.05) is 11.1 Å². The fourth-order valence-electron chi connectivity index (χ4n) is 4.26. The Morgan fingerprint density at radius 1 is 1.11 bits per heavy atom. The summed E-state index contributed by atoms with van der Waals surface area (Å²) in [5.74, 6) is -0.873. The van der Waals surface area contributed by atoms with Crippen LogP contribution >= 0.6 is 34.7 Å². The molecule has 0 saturated heterocycles. The lowest BCUT2D eigenvalue weighted by Crippen LogP contribution is -2.23. The van der Waals surface area contributed by atoms with Crippen molar-refractivity contribution in [2.45, 2.75) is 37.0 Å². The van der Waals surface area contributed by atoms with E-state index in [0.29, 0.717) is 20.9 Å². The number of rotatable bonds is 5. The molecule has 4 aromatic rings. The lowest BCUT2D eigenvalue weighted by Gasteiger charge is -2.15. The van der Waals surface area contributed by atoms with Crippen LogP contribution in [0.15, 0.2) is 58.5 Å². The number of aryl methyl sites for hydroxylation is 2. The molecular formula is C25H19ClF3N3O2S2. The summed E-state index contributed by atoms with van der Waals surface area (Å²) < 4.78 is 41.3. The van der Waals surface area contributed by atoms with E-state index >= 15 is 0 Å². The molecule has 0 unspecified atom stereocenters. The van der Waals surface area contributed by atoms with Crippen LogP contribution in [-0.2, 0) is 23.8 Å². The smallest absolute Gasteiger partial charge is 0.325 e. The monoisotopic (exact) mass is 549 g/mol. The Hall–Kier alpha value is -2.82. The molecule has 2 aromatic heterocycles. The lowest BCUT2D eigenvalue weighted by atomic mass is 9.97. The number of anilines is 1. The van der Waals surface area contributed by atoms with Crippen molar-refractivity contribution >= 4 is 56.5 Å². The Kier molecular flexibility index (Phi) is 6.84. The number of thioether (sulfide) groups is 1. The number of halogens is 4. The number of alkyl halides is 3. The predicted molar refractivity (Wildman–Crippen MR) is 138 cm³/mol. The molecule has 0 aliphatic heterocycles. The van der Waals surface area contributed by atoms with Crippen molar-refractivity contribution in [3.8, 4) is 5.69 Å². The van der Waals surface area contributed by atoms with Gasteiger partial charge in [0.2, 0.25) is 5.91 Å². The fraction of sp³-hybridized carbons (Fsp3) is 0.240. The van der Waals surface area contributed by atoms with Crippen LogP contribution in [-0.4, -0.2) is 21.2 Å². The van der Waals surface area contributed by atoms with E-state index in [1.54, 1.807) is 24.3 Å². The molecule has 0 saturated carbocycles. The molecule has 1 aliphatic rings. The number of amides is 1. The predicted octanol–water partition coefficient (Wildman–Crippen LogP) is 6.73. The zero-order valence-electron chi connectivity index (χ0n) is 18.7. The van der Waals surface area contributed by atoms with Crippen LogP contribution in [0.5, 0.6) is 0 Å². The van der Waals surface area contributed by atoms with Gasteiger partial charge in [0.15, 0.2) is 5.16 Å². The maximum Gasteiger partial charge on any atom is 0.418 e. The van der Waals surface area contributed by atoms with Crippen molar-refractivity contribution in [3.05, 3.63) is 79.9 Å². The molecule has 5 nitrogen and oxygen atoms in total. The van der Waals surface area contributed by atoms with Gasteiger partial charge in [-0.2, -0.15) is 13.2 Å². The van der Waals surface area contributed by atoms with E-state index in [4.69, 9.17) is 16.6 Å². The molecule has 36 heavy (non-hydrogen) atoms. The van der Waals surface area contributed by atoms with Crippen LogP contribution in [0.1, 0.15) is 28.8 Å². The molecule has 0 atom stereocenters. The van der Waals surface area contributed by atoms with Gasteiger partial charge in [-0.3, -0.25) is 14.2 Å². The number of carbonyl (C=O) groups excluding carboxylic acids is 1. The summed E-state index contributed by atoms with van der Waals surface area (Å²) in [6.07, 6.45) is -0.806. The summed E-state index contributed by atoms with van der Waals surface area (Å²) in [6.45, 7) is 0. The first-order chi connectivity index (χ1) is 17.2. The molecule has 0 spiro atoms. The zero-order chi connectivity index (χ0) is 25.4. The van der Waals surface area contributed by atoms with Gasteiger partial charge in [0.1, 0.15) is 4.83 Å². The number of nitrogens with zero attached hydrogens (tertiary/aromatic N) is 2. The molecule has 2 heterocycles. The summed E-state index contributed by atoms with van der Waals surface area (Å²) in [5.41, 5.74) is 0.108. The lowest BCUT2D eigenvalue weighted by molar-refractivity contribution is -0.137. The standard InChI is InChI=1S/C25H19ClF3N3O2S2/c26-14-9-11-15(12-10-14)32-23(34)21-16-5-1-4-8-19(16)36-22(21)31-24(32)35-13-20(33)30-18-7-3-2-6-17(18)25(27,28)29/h2-3,6-7,9-12H,1,4-5,8,13H2,(H,30,33). The average Bonchev–Trinajstić information content (AvgIpc) is 3.22. The molecule has 0 fully saturated rings. The number of hydrogen-bond acceptors (Lipinski definition) is 5. The average molecular weight is 550 g/mol. The third-order valence-corrected chi connectivity index (χ3v) is 8.26. The number of carbonyl (C=O) groups is 1. The SMILES string of the molecule is O=C(CSc1nc2sc3c(c2c(=O)n1-c1ccc(Cl)cc1)CCCC3)Nc1ccccc1C(F)(F)F. The normalized spacial score (nSPS) is 13.6. The first-order valence-corrected chi connectivity index (χ1v) is 13.3. The Labute approximate surface area is 217 Å². The second-order valence-electron chi connectivity index (χ2n) is 8.28. The quantitative estimate of drug-likeness (QED) is 0.221. The van der Waals surface area contributed by atoms with Gasteiger partial charge in [0, 0.05) is 9.90 Å². The second-order valence-corrected chi connectivity index (χ2v) is 10.7. The van der Waals surface area contributed by atoms with Crippen molar-refractivity contribution in [1.82, 2.24) is 9.55 Å². The highest BCUT2D eigenvalue weighted by Gasteiger charge is 2.33. The van der Waals surface area contributed by atoms with Crippen molar-refractivity contribution in [1.29, 1.82) is 0 Å². The number of aromatic nitrogens is 2. The van der Waals surface area contributed by atoms with Crippen LogP contribution in [0.3, 0.4) is 0 Å². The molecule has 186 valence electrons. The Morgan fingerprint density at radius 2 is 1.83 bits per heavy atom. The van der Waals surface area contributed by atoms with E-state index in [-0.39, 0.29) is 22.2 Å². The van der Waals surface area contributed by atoms with Gasteiger partial charge in [-0.05, 0) is 67.6 Å². The first-order valence-electron chi connectivity index (χ1n) is 11.1. The summed E-state index contributed by atoms with van der Waals surface area (Å²) in [4.78, 5) is 32.9. The number of benzene rings is 2. The molecule has 1 N–H and O–H groups in total. The van der Waals surface area contributed by atoms with Gasteiger partial charge in [-0.25, -0.2) is 4.98 Å². The van der Waals surface area contributed by atoms with Gasteiger partial charge in [-0.1, -0.05) is 35.5 Å². The van der Waals surface area contributed by atoms with Gasteiger partial charge < -0.3 is 5.32 Å². The van der Waals surface area contributed by atoms with Crippen LogP contribution in [0, 0.1) is 0 Å². The van der Waals surface area contributed by atoms with Crippen molar-refractivity contribution in [2.24, 2.45) is 0 Å². The summed E-state index contributed by atoms with van der Waals surface area (Å²) in [7, 11) is 0. The number of thiophene rings is 1. The minimum atomic E-state index is -4.60. The Morgan fingerprint density at radius 3 is 2.58 bits per heavy atom. The number of hydrogen-bond donors (Lipinski definition) is 1. The molecule has 1 aliphatic carbocycles. The summed E-state index contributed by atoms with van der Waals surface area (Å²) in [5, 5.41) is 3.72. The third kappa shape index (κ3) is 4.89. The minimum absolute atomic E-state index is 0.230. The molecule has 11 heteroatoms.